The third kappa shape index (κ3) is 5.06. The van der Waals surface area contributed by atoms with Crippen molar-refractivity contribution in [2.24, 2.45) is 0 Å². The van der Waals surface area contributed by atoms with Gasteiger partial charge in [-0.15, -0.1) is 0 Å². The van der Waals surface area contributed by atoms with Crippen LogP contribution >= 0.6 is 0 Å². The number of halogens is 5. The van der Waals surface area contributed by atoms with Crippen molar-refractivity contribution >= 4 is 9.84 Å². The van der Waals surface area contributed by atoms with Crippen molar-refractivity contribution in [3.63, 3.8) is 0 Å². The Bertz CT molecular complexity index is 955. The van der Waals surface area contributed by atoms with Crippen molar-refractivity contribution < 1.29 is 40.2 Å². The van der Waals surface area contributed by atoms with E-state index < -0.39 is 56.3 Å². The van der Waals surface area contributed by atoms with Crippen LogP contribution in [0.5, 0.6) is 11.6 Å². The van der Waals surface area contributed by atoms with Crippen LogP contribution in [0.15, 0.2) is 29.3 Å². The third-order valence-electron chi connectivity index (χ3n) is 3.46. The van der Waals surface area contributed by atoms with E-state index >= 15 is 0 Å². The molecule has 0 unspecified atom stereocenters. The number of alkyl halides is 5. The van der Waals surface area contributed by atoms with Gasteiger partial charge in [-0.1, -0.05) is 6.92 Å². The first-order valence-electron chi connectivity index (χ1n) is 7.75. The molecule has 0 atom stereocenters. The molecule has 0 bridgehead atoms. The highest BCUT2D eigenvalue weighted by atomic mass is 32.2. The summed E-state index contributed by atoms with van der Waals surface area (Å²) < 4.78 is 93.9. The first-order valence-corrected chi connectivity index (χ1v) is 9.41. The number of hydrogen-bond donors (Lipinski definition) is 1. The molecule has 0 saturated heterocycles. The highest BCUT2D eigenvalue weighted by Crippen LogP contribution is 2.39. The van der Waals surface area contributed by atoms with Crippen LogP contribution in [0.25, 0.3) is 11.4 Å². The van der Waals surface area contributed by atoms with E-state index in [0.29, 0.717) is 13.0 Å². The molecule has 28 heavy (non-hydrogen) atoms. The van der Waals surface area contributed by atoms with E-state index in [1.54, 1.807) is 0 Å². The summed E-state index contributed by atoms with van der Waals surface area (Å²) in [5.41, 5.74) is -2.29. The molecule has 0 saturated carbocycles. The fourth-order valence-corrected chi connectivity index (χ4v) is 3.14. The van der Waals surface area contributed by atoms with Gasteiger partial charge in [-0.2, -0.15) is 13.2 Å². The molecule has 1 N–H and O–H groups in total. The Hall–Kier alpha value is -2.50. The first kappa shape index (κ1) is 21.8. The van der Waals surface area contributed by atoms with E-state index in [2.05, 4.69) is 9.97 Å². The summed E-state index contributed by atoms with van der Waals surface area (Å²) in [6.07, 6.45) is -4.04. The minimum absolute atomic E-state index is 0.0682. The molecule has 2 rings (SSSR count). The lowest BCUT2D eigenvalue weighted by atomic mass is 10.2. The van der Waals surface area contributed by atoms with Crippen LogP contribution in [0.3, 0.4) is 0 Å². The Balaban J connectivity index is 2.54. The average molecular weight is 426 g/mol. The minimum Gasteiger partial charge on any atom is -0.493 e. The number of sulfone groups is 1. The predicted octanol–water partition coefficient (Wildman–Crippen LogP) is 3.70. The van der Waals surface area contributed by atoms with Gasteiger partial charge in [-0.3, -0.25) is 4.98 Å². The van der Waals surface area contributed by atoms with Crippen molar-refractivity contribution in [3.05, 3.63) is 30.0 Å². The summed E-state index contributed by atoms with van der Waals surface area (Å²) in [5.74, 6) is -5.09. The predicted molar refractivity (Wildman–Crippen MR) is 88.0 cm³/mol. The van der Waals surface area contributed by atoms with Crippen LogP contribution in [-0.4, -0.2) is 41.8 Å². The lowest BCUT2D eigenvalue weighted by molar-refractivity contribution is -0.139. The topological polar surface area (TPSA) is 89.4 Å². The molecule has 2 aromatic heterocycles. The SMILES string of the molecule is CCS(=O)(=O)c1cc(C(F)(F)F)c(O)nc1-c1ccc(OCC(C)(F)F)cn1. The molecule has 0 aliphatic carbocycles. The minimum atomic E-state index is -5.02. The van der Waals surface area contributed by atoms with Gasteiger partial charge < -0.3 is 9.84 Å². The van der Waals surface area contributed by atoms with Gasteiger partial charge in [0.25, 0.3) is 5.92 Å². The lowest BCUT2D eigenvalue weighted by Crippen LogP contribution is -2.20. The summed E-state index contributed by atoms with van der Waals surface area (Å²) in [6, 6.07) is 2.60. The van der Waals surface area contributed by atoms with E-state index in [1.807, 2.05) is 0 Å². The van der Waals surface area contributed by atoms with Gasteiger partial charge in [-0.25, -0.2) is 22.2 Å². The van der Waals surface area contributed by atoms with Crippen molar-refractivity contribution in [2.45, 2.75) is 30.8 Å². The lowest BCUT2D eigenvalue weighted by Gasteiger charge is -2.15. The zero-order valence-electron chi connectivity index (χ0n) is 14.6. The largest absolute Gasteiger partial charge is 0.493 e. The van der Waals surface area contributed by atoms with Crippen molar-refractivity contribution in [1.82, 2.24) is 9.97 Å². The van der Waals surface area contributed by atoms with E-state index in [-0.39, 0.29) is 11.4 Å². The molecular weight excluding hydrogens is 411 g/mol. The number of aromatic nitrogens is 2. The number of aromatic hydroxyl groups is 1. The second kappa shape index (κ2) is 7.49. The first-order chi connectivity index (χ1) is 12.7. The van der Waals surface area contributed by atoms with E-state index in [0.717, 1.165) is 12.3 Å². The summed E-state index contributed by atoms with van der Waals surface area (Å²) in [6.45, 7) is 0.947. The molecule has 0 aliphatic rings. The summed E-state index contributed by atoms with van der Waals surface area (Å²) in [4.78, 5) is 6.41. The molecule has 12 heteroatoms. The highest BCUT2D eigenvalue weighted by molar-refractivity contribution is 7.91. The monoisotopic (exact) mass is 426 g/mol. The maximum Gasteiger partial charge on any atom is 0.421 e. The smallest absolute Gasteiger partial charge is 0.421 e. The molecule has 0 fully saturated rings. The van der Waals surface area contributed by atoms with Crippen LogP contribution in [0.1, 0.15) is 19.4 Å². The Morgan fingerprint density at radius 3 is 2.29 bits per heavy atom. The van der Waals surface area contributed by atoms with Gasteiger partial charge in [0.15, 0.2) is 16.4 Å². The zero-order valence-corrected chi connectivity index (χ0v) is 15.4. The molecule has 0 spiro atoms. The molecule has 0 aromatic carbocycles. The zero-order chi connectivity index (χ0) is 21.3. The standard InChI is InChI=1S/C16H15F5N2O4S/c1-3-28(25,26)12-6-10(16(19,20)21)14(24)23-13(12)11-5-4-9(7-22-11)27-8-15(2,17)18/h4-7H,3,8H2,1-2H3,(H,23,24). The molecule has 0 radical (unpaired) electrons. The van der Waals surface area contributed by atoms with Gasteiger partial charge >= 0.3 is 6.18 Å². The van der Waals surface area contributed by atoms with Crippen LogP contribution in [-0.2, 0) is 16.0 Å². The third-order valence-corrected chi connectivity index (χ3v) is 5.20. The Morgan fingerprint density at radius 2 is 1.82 bits per heavy atom. The maximum atomic E-state index is 13.0. The van der Waals surface area contributed by atoms with Crippen molar-refractivity contribution in [2.75, 3.05) is 12.4 Å². The Labute approximate surface area is 156 Å². The van der Waals surface area contributed by atoms with E-state index in [4.69, 9.17) is 4.74 Å². The highest BCUT2D eigenvalue weighted by Gasteiger charge is 2.37. The van der Waals surface area contributed by atoms with E-state index in [9.17, 15) is 35.5 Å². The summed E-state index contributed by atoms with van der Waals surface area (Å²) in [5, 5.41) is 9.62. The Morgan fingerprint density at radius 1 is 1.18 bits per heavy atom. The van der Waals surface area contributed by atoms with Crippen LogP contribution in [0.4, 0.5) is 22.0 Å². The fraction of sp³-hybridized carbons (Fsp3) is 0.375. The molecular formula is C16H15F5N2O4S. The molecule has 6 nitrogen and oxygen atoms in total. The van der Waals surface area contributed by atoms with Gasteiger partial charge in [0.1, 0.15) is 17.0 Å². The van der Waals surface area contributed by atoms with Gasteiger partial charge in [-0.05, 0) is 18.2 Å². The fourth-order valence-electron chi connectivity index (χ4n) is 2.09. The number of nitrogens with zero attached hydrogens (tertiary/aromatic N) is 2. The average Bonchev–Trinajstić information content (AvgIpc) is 2.58. The normalized spacial score (nSPS) is 12.8. The van der Waals surface area contributed by atoms with Gasteiger partial charge in [0.05, 0.1) is 22.5 Å². The van der Waals surface area contributed by atoms with Crippen LogP contribution in [0.2, 0.25) is 0 Å². The number of ether oxygens (including phenoxy) is 1. The maximum absolute atomic E-state index is 13.0. The molecule has 2 heterocycles. The Kier molecular flexibility index (Phi) is 5.83. The molecule has 0 aliphatic heterocycles. The quantitative estimate of drug-likeness (QED) is 0.709. The number of pyridine rings is 2. The second-order valence-electron chi connectivity index (χ2n) is 5.85. The molecule has 154 valence electrons. The van der Waals surface area contributed by atoms with Crippen molar-refractivity contribution in [3.8, 4) is 23.0 Å². The van der Waals surface area contributed by atoms with E-state index in [1.165, 1.54) is 13.0 Å². The van der Waals surface area contributed by atoms with Crippen LogP contribution in [0, 0.1) is 0 Å². The van der Waals surface area contributed by atoms with Crippen molar-refractivity contribution in [1.29, 1.82) is 0 Å². The van der Waals surface area contributed by atoms with Crippen LogP contribution < -0.4 is 4.74 Å². The second-order valence-corrected chi connectivity index (χ2v) is 8.09. The summed E-state index contributed by atoms with van der Waals surface area (Å²) >= 11 is 0. The van der Waals surface area contributed by atoms with Gasteiger partial charge in [0, 0.05) is 6.92 Å². The van der Waals surface area contributed by atoms with Gasteiger partial charge in [0.2, 0.25) is 5.88 Å². The molecule has 0 amide bonds. The molecule has 2 aromatic rings. The number of rotatable bonds is 6. The number of hydrogen-bond acceptors (Lipinski definition) is 6. The summed E-state index contributed by atoms with van der Waals surface area (Å²) in [7, 11) is -4.16.